The van der Waals surface area contributed by atoms with Crippen molar-refractivity contribution in [3.63, 3.8) is 0 Å². The molecule has 2 aliphatic rings. The Hall–Kier alpha value is -1.88. The number of ether oxygens (including phenoxy) is 1. The van der Waals surface area contributed by atoms with Gasteiger partial charge in [-0.05, 0) is 36.8 Å². The molecule has 1 aliphatic carbocycles. The predicted molar refractivity (Wildman–Crippen MR) is 93.0 cm³/mol. The molecule has 130 valence electrons. The van der Waals surface area contributed by atoms with Gasteiger partial charge in [0, 0.05) is 18.8 Å². The average Bonchev–Trinajstić information content (AvgIpc) is 3.38. The zero-order valence-corrected chi connectivity index (χ0v) is 14.7. The maximum Gasteiger partial charge on any atom is 0.240 e. The number of anilines is 1. The number of aryl methyl sites for hydroxylation is 1. The summed E-state index contributed by atoms with van der Waals surface area (Å²) in [6.45, 7) is 8.47. The monoisotopic (exact) mass is 330 g/mol. The fourth-order valence-corrected chi connectivity index (χ4v) is 3.31. The van der Waals surface area contributed by atoms with Crippen LogP contribution in [-0.2, 0) is 14.3 Å². The summed E-state index contributed by atoms with van der Waals surface area (Å²) in [7, 11) is 0. The molecule has 1 heterocycles. The van der Waals surface area contributed by atoms with Gasteiger partial charge in [-0.3, -0.25) is 9.59 Å². The Balaban J connectivity index is 1.79. The van der Waals surface area contributed by atoms with Crippen LogP contribution in [0, 0.1) is 12.3 Å². The van der Waals surface area contributed by atoms with Crippen molar-refractivity contribution in [3.05, 3.63) is 29.3 Å². The first-order chi connectivity index (χ1) is 11.5. The molecule has 5 heteroatoms. The first kappa shape index (κ1) is 17.0. The molecule has 3 rings (SSSR count). The summed E-state index contributed by atoms with van der Waals surface area (Å²) in [5.41, 5.74) is 2.13. The summed E-state index contributed by atoms with van der Waals surface area (Å²) >= 11 is 0. The Morgan fingerprint density at radius 3 is 2.46 bits per heavy atom. The van der Waals surface area contributed by atoms with Gasteiger partial charge >= 0.3 is 0 Å². The first-order valence-corrected chi connectivity index (χ1v) is 8.74. The molecule has 1 saturated heterocycles. The van der Waals surface area contributed by atoms with Crippen LogP contribution in [0.1, 0.15) is 43.7 Å². The van der Waals surface area contributed by atoms with Crippen molar-refractivity contribution in [2.45, 2.75) is 39.5 Å². The SMILES string of the molecule is Cc1cccc(C(C)C)c1NC(=O)C1(C(=O)N2CCOCC2)CC1. The van der Waals surface area contributed by atoms with Gasteiger partial charge in [0.25, 0.3) is 0 Å². The van der Waals surface area contributed by atoms with E-state index < -0.39 is 5.41 Å². The Bertz CT molecular complexity index is 644. The van der Waals surface area contributed by atoms with E-state index in [9.17, 15) is 9.59 Å². The maximum atomic E-state index is 12.9. The summed E-state index contributed by atoms with van der Waals surface area (Å²) in [5.74, 6) is 0.114. The molecule has 2 fully saturated rings. The highest BCUT2D eigenvalue weighted by Crippen LogP contribution is 2.48. The van der Waals surface area contributed by atoms with E-state index in [1.54, 1.807) is 4.90 Å². The minimum atomic E-state index is -0.867. The van der Waals surface area contributed by atoms with E-state index in [1.165, 1.54) is 0 Å². The Morgan fingerprint density at radius 2 is 1.88 bits per heavy atom. The molecule has 0 aromatic heterocycles. The predicted octanol–water partition coefficient (Wildman–Crippen LogP) is 2.70. The van der Waals surface area contributed by atoms with Gasteiger partial charge in [0.15, 0.2) is 0 Å². The van der Waals surface area contributed by atoms with E-state index >= 15 is 0 Å². The van der Waals surface area contributed by atoms with Crippen molar-refractivity contribution in [1.82, 2.24) is 4.90 Å². The second kappa shape index (κ2) is 6.55. The Kier molecular flexibility index (Phi) is 4.63. The van der Waals surface area contributed by atoms with Gasteiger partial charge < -0.3 is 15.0 Å². The lowest BCUT2D eigenvalue weighted by Gasteiger charge is -2.30. The Morgan fingerprint density at radius 1 is 1.21 bits per heavy atom. The number of benzene rings is 1. The van der Waals surface area contributed by atoms with Crippen molar-refractivity contribution >= 4 is 17.5 Å². The number of morpholine rings is 1. The summed E-state index contributed by atoms with van der Waals surface area (Å²) < 4.78 is 5.30. The highest BCUT2D eigenvalue weighted by molar-refractivity contribution is 6.13. The minimum Gasteiger partial charge on any atom is -0.378 e. The van der Waals surface area contributed by atoms with Gasteiger partial charge in [-0.2, -0.15) is 0 Å². The summed E-state index contributed by atoms with van der Waals surface area (Å²) in [6, 6.07) is 6.04. The molecule has 0 atom stereocenters. The van der Waals surface area contributed by atoms with Crippen LogP contribution in [0.3, 0.4) is 0 Å². The van der Waals surface area contributed by atoms with Crippen LogP contribution >= 0.6 is 0 Å². The van der Waals surface area contributed by atoms with Gasteiger partial charge in [-0.25, -0.2) is 0 Å². The van der Waals surface area contributed by atoms with Crippen LogP contribution in [0.5, 0.6) is 0 Å². The van der Waals surface area contributed by atoms with Gasteiger partial charge in [0.2, 0.25) is 11.8 Å². The van der Waals surface area contributed by atoms with E-state index in [0.717, 1.165) is 16.8 Å². The number of hydrogen-bond acceptors (Lipinski definition) is 3. The number of amides is 2. The molecule has 1 aliphatic heterocycles. The van der Waals surface area contributed by atoms with Crippen LogP contribution in [0.15, 0.2) is 18.2 Å². The topological polar surface area (TPSA) is 58.6 Å². The molecule has 0 radical (unpaired) electrons. The highest BCUT2D eigenvalue weighted by Gasteiger charge is 2.58. The van der Waals surface area contributed by atoms with Crippen molar-refractivity contribution < 1.29 is 14.3 Å². The van der Waals surface area contributed by atoms with Crippen molar-refractivity contribution in [2.24, 2.45) is 5.41 Å². The fourth-order valence-electron chi connectivity index (χ4n) is 3.31. The molecule has 24 heavy (non-hydrogen) atoms. The molecule has 1 N–H and O–H groups in total. The standard InChI is InChI=1S/C19H26N2O3/c1-13(2)15-6-4-5-14(3)16(15)20-17(22)19(7-8-19)18(23)21-9-11-24-12-10-21/h4-6,13H,7-12H2,1-3H3,(H,20,22). The number of hydrogen-bond donors (Lipinski definition) is 1. The quantitative estimate of drug-likeness (QED) is 0.864. The maximum absolute atomic E-state index is 12.9. The van der Waals surface area contributed by atoms with E-state index in [2.05, 4.69) is 19.2 Å². The van der Waals surface area contributed by atoms with Crippen molar-refractivity contribution in [3.8, 4) is 0 Å². The van der Waals surface area contributed by atoms with E-state index in [-0.39, 0.29) is 11.8 Å². The molecule has 1 aromatic carbocycles. The van der Waals surface area contributed by atoms with Gasteiger partial charge in [0.1, 0.15) is 5.41 Å². The van der Waals surface area contributed by atoms with Crippen molar-refractivity contribution in [2.75, 3.05) is 31.6 Å². The zero-order valence-electron chi connectivity index (χ0n) is 14.7. The average molecular weight is 330 g/mol. The second-order valence-electron chi connectivity index (χ2n) is 7.13. The number of carbonyl (C=O) groups excluding carboxylic acids is 2. The smallest absolute Gasteiger partial charge is 0.240 e. The molecule has 0 spiro atoms. The van der Waals surface area contributed by atoms with E-state index in [0.29, 0.717) is 45.1 Å². The van der Waals surface area contributed by atoms with E-state index in [4.69, 9.17) is 4.74 Å². The number of para-hydroxylation sites is 1. The summed E-state index contributed by atoms with van der Waals surface area (Å²) in [5, 5.41) is 3.07. The zero-order chi connectivity index (χ0) is 17.3. The van der Waals surface area contributed by atoms with Crippen LogP contribution in [0.25, 0.3) is 0 Å². The molecule has 0 unspecified atom stereocenters. The van der Waals surface area contributed by atoms with E-state index in [1.807, 2.05) is 25.1 Å². The lowest BCUT2D eigenvalue weighted by Crippen LogP contribution is -2.47. The van der Waals surface area contributed by atoms with Crippen LogP contribution < -0.4 is 5.32 Å². The van der Waals surface area contributed by atoms with Crippen LogP contribution in [0.2, 0.25) is 0 Å². The third-order valence-corrected chi connectivity index (χ3v) is 5.06. The normalized spacial score (nSPS) is 19.2. The molecular weight excluding hydrogens is 304 g/mol. The molecule has 2 amide bonds. The van der Waals surface area contributed by atoms with Gasteiger partial charge in [-0.15, -0.1) is 0 Å². The molecule has 1 saturated carbocycles. The molecule has 1 aromatic rings. The van der Waals surface area contributed by atoms with Crippen LogP contribution in [-0.4, -0.2) is 43.0 Å². The molecule has 0 bridgehead atoms. The number of nitrogens with zero attached hydrogens (tertiary/aromatic N) is 1. The minimum absolute atomic E-state index is 0.0389. The Labute approximate surface area is 143 Å². The molecule has 5 nitrogen and oxygen atoms in total. The lowest BCUT2D eigenvalue weighted by atomic mass is 9.97. The first-order valence-electron chi connectivity index (χ1n) is 8.74. The molecular formula is C19H26N2O3. The fraction of sp³-hybridized carbons (Fsp3) is 0.579. The number of nitrogens with one attached hydrogen (secondary N) is 1. The van der Waals surface area contributed by atoms with Gasteiger partial charge in [-0.1, -0.05) is 32.0 Å². The summed E-state index contributed by atoms with van der Waals surface area (Å²) in [4.78, 5) is 27.5. The lowest BCUT2D eigenvalue weighted by molar-refractivity contribution is -0.145. The van der Waals surface area contributed by atoms with Crippen molar-refractivity contribution in [1.29, 1.82) is 0 Å². The number of carbonyl (C=O) groups is 2. The number of rotatable bonds is 4. The highest BCUT2D eigenvalue weighted by atomic mass is 16.5. The van der Waals surface area contributed by atoms with Gasteiger partial charge in [0.05, 0.1) is 13.2 Å². The second-order valence-corrected chi connectivity index (χ2v) is 7.13. The van der Waals surface area contributed by atoms with Crippen LogP contribution in [0.4, 0.5) is 5.69 Å². The third kappa shape index (κ3) is 3.05. The summed E-state index contributed by atoms with van der Waals surface area (Å²) in [6.07, 6.45) is 1.27. The largest absolute Gasteiger partial charge is 0.378 e. The third-order valence-electron chi connectivity index (χ3n) is 5.06.